The first-order chi connectivity index (χ1) is 9.47. The van der Waals surface area contributed by atoms with Gasteiger partial charge >= 0.3 is 0 Å². The number of nitrogens with two attached hydrogens (primary N) is 2. The quantitative estimate of drug-likeness (QED) is 0.662. The Balaban J connectivity index is 2.39. The van der Waals surface area contributed by atoms with Crippen LogP contribution in [-0.2, 0) is 0 Å². The number of thiazole rings is 1. The molecule has 0 atom stereocenters. The summed E-state index contributed by atoms with van der Waals surface area (Å²) in [5.41, 5.74) is 19.6. The van der Waals surface area contributed by atoms with Crippen molar-refractivity contribution in [3.05, 3.63) is 41.0 Å². The third-order valence-electron chi connectivity index (χ3n) is 3.54. The molecule has 102 valence electrons. The molecule has 0 amide bonds. The third kappa shape index (κ3) is 1.93. The van der Waals surface area contributed by atoms with Crippen LogP contribution in [0.15, 0.2) is 24.3 Å². The minimum Gasteiger partial charge on any atom is -0.398 e. The van der Waals surface area contributed by atoms with Crippen LogP contribution in [0.2, 0.25) is 0 Å². The van der Waals surface area contributed by atoms with E-state index in [0.717, 1.165) is 21.5 Å². The van der Waals surface area contributed by atoms with Crippen LogP contribution in [0, 0.1) is 20.8 Å². The van der Waals surface area contributed by atoms with Gasteiger partial charge in [-0.3, -0.25) is 0 Å². The molecule has 20 heavy (non-hydrogen) atoms. The second-order valence-electron chi connectivity index (χ2n) is 5.21. The maximum absolute atomic E-state index is 6.03. The van der Waals surface area contributed by atoms with Crippen LogP contribution < -0.4 is 11.5 Å². The van der Waals surface area contributed by atoms with Gasteiger partial charge in [0.1, 0.15) is 0 Å². The Labute approximate surface area is 122 Å². The lowest BCUT2D eigenvalue weighted by Gasteiger charge is -2.12. The van der Waals surface area contributed by atoms with Gasteiger partial charge in [-0.1, -0.05) is 35.1 Å². The van der Waals surface area contributed by atoms with E-state index in [-0.39, 0.29) is 0 Å². The van der Waals surface area contributed by atoms with Gasteiger partial charge in [0.25, 0.3) is 0 Å². The Morgan fingerprint density at radius 1 is 1.00 bits per heavy atom. The average molecular weight is 283 g/mol. The van der Waals surface area contributed by atoms with E-state index < -0.39 is 0 Å². The van der Waals surface area contributed by atoms with Crippen molar-refractivity contribution in [2.75, 3.05) is 11.5 Å². The summed E-state index contributed by atoms with van der Waals surface area (Å²) in [5, 5.41) is 0.557. The van der Waals surface area contributed by atoms with Crippen LogP contribution in [0.4, 0.5) is 10.8 Å². The summed E-state index contributed by atoms with van der Waals surface area (Å²) in [6.45, 7) is 6.38. The van der Waals surface area contributed by atoms with Crippen molar-refractivity contribution < 1.29 is 0 Å². The molecule has 3 rings (SSSR count). The summed E-state index contributed by atoms with van der Waals surface area (Å²) in [6, 6.07) is 8.37. The van der Waals surface area contributed by atoms with Gasteiger partial charge in [0.2, 0.25) is 0 Å². The molecule has 2 aromatic carbocycles. The highest BCUT2D eigenvalue weighted by molar-refractivity contribution is 7.22. The molecule has 0 aliphatic carbocycles. The fourth-order valence-electron chi connectivity index (χ4n) is 2.85. The third-order valence-corrected chi connectivity index (χ3v) is 4.47. The van der Waals surface area contributed by atoms with Gasteiger partial charge in [0.05, 0.1) is 15.9 Å². The molecular formula is C16H17N3S. The van der Waals surface area contributed by atoms with Gasteiger partial charge in [-0.05, 0) is 43.5 Å². The van der Waals surface area contributed by atoms with Crippen molar-refractivity contribution in [1.82, 2.24) is 4.98 Å². The highest BCUT2D eigenvalue weighted by Gasteiger charge is 2.14. The molecule has 3 aromatic rings. The molecule has 1 heterocycles. The van der Waals surface area contributed by atoms with Crippen LogP contribution in [0.3, 0.4) is 0 Å². The fraction of sp³-hybridized carbons (Fsp3) is 0.188. The largest absolute Gasteiger partial charge is 0.398 e. The first-order valence-corrected chi connectivity index (χ1v) is 7.31. The van der Waals surface area contributed by atoms with Crippen molar-refractivity contribution >= 4 is 32.4 Å². The van der Waals surface area contributed by atoms with Gasteiger partial charge in [0, 0.05) is 5.56 Å². The average Bonchev–Trinajstić information content (AvgIpc) is 2.73. The van der Waals surface area contributed by atoms with Gasteiger partial charge in [-0.15, -0.1) is 0 Å². The predicted octanol–water partition coefficient (Wildman–Crippen LogP) is 4.05. The Hall–Kier alpha value is -2.07. The molecule has 0 spiro atoms. The minimum atomic E-state index is 0.557. The monoisotopic (exact) mass is 283 g/mol. The van der Waals surface area contributed by atoms with Crippen LogP contribution in [-0.4, -0.2) is 4.98 Å². The van der Waals surface area contributed by atoms with E-state index in [1.54, 1.807) is 0 Å². The Bertz CT molecular complexity index is 795. The Kier molecular flexibility index (Phi) is 2.91. The molecule has 0 saturated carbocycles. The summed E-state index contributed by atoms with van der Waals surface area (Å²) in [5.74, 6) is 0. The maximum Gasteiger partial charge on any atom is 0.181 e. The lowest BCUT2D eigenvalue weighted by Crippen LogP contribution is -1.93. The number of nitrogen functional groups attached to an aromatic ring is 2. The van der Waals surface area contributed by atoms with Crippen LogP contribution in [0.5, 0.6) is 0 Å². The van der Waals surface area contributed by atoms with E-state index in [4.69, 9.17) is 11.5 Å². The molecule has 1 aromatic heterocycles. The fourth-order valence-corrected chi connectivity index (χ4v) is 3.63. The van der Waals surface area contributed by atoms with Gasteiger partial charge in [-0.2, -0.15) is 0 Å². The van der Waals surface area contributed by atoms with Gasteiger partial charge < -0.3 is 11.5 Å². The molecule has 0 aliphatic heterocycles. The van der Waals surface area contributed by atoms with E-state index in [1.807, 2.05) is 12.1 Å². The molecule has 0 bridgehead atoms. The zero-order chi connectivity index (χ0) is 14.4. The van der Waals surface area contributed by atoms with E-state index in [9.17, 15) is 0 Å². The molecule has 4 heteroatoms. The Morgan fingerprint density at radius 2 is 1.65 bits per heavy atom. The molecular weight excluding hydrogens is 266 g/mol. The zero-order valence-electron chi connectivity index (χ0n) is 11.8. The number of rotatable bonds is 1. The van der Waals surface area contributed by atoms with E-state index in [2.05, 4.69) is 37.9 Å². The highest BCUT2D eigenvalue weighted by Crippen LogP contribution is 2.38. The maximum atomic E-state index is 6.03. The van der Waals surface area contributed by atoms with Crippen LogP contribution in [0.25, 0.3) is 21.3 Å². The van der Waals surface area contributed by atoms with Crippen LogP contribution in [0.1, 0.15) is 16.7 Å². The van der Waals surface area contributed by atoms with Crippen molar-refractivity contribution in [2.45, 2.75) is 20.8 Å². The molecule has 0 aliphatic rings. The van der Waals surface area contributed by atoms with Crippen LogP contribution >= 0.6 is 11.3 Å². The first-order valence-electron chi connectivity index (χ1n) is 6.50. The van der Waals surface area contributed by atoms with Gasteiger partial charge in [-0.25, -0.2) is 4.98 Å². The number of aromatic nitrogens is 1. The SMILES string of the molecule is Cc1cc(C)c(-c2ccc(N)c3sc(N)nc23)c(C)c1. The van der Waals surface area contributed by atoms with E-state index in [1.165, 1.54) is 33.6 Å². The van der Waals surface area contributed by atoms with E-state index >= 15 is 0 Å². The number of benzene rings is 2. The molecule has 3 nitrogen and oxygen atoms in total. The lowest BCUT2D eigenvalue weighted by molar-refractivity contribution is 1.32. The summed E-state index contributed by atoms with van der Waals surface area (Å²) in [4.78, 5) is 4.47. The number of nitrogens with zero attached hydrogens (tertiary/aromatic N) is 1. The van der Waals surface area contributed by atoms with E-state index in [0.29, 0.717) is 5.13 Å². The summed E-state index contributed by atoms with van der Waals surface area (Å²) in [7, 11) is 0. The summed E-state index contributed by atoms with van der Waals surface area (Å²) in [6.07, 6.45) is 0. The smallest absolute Gasteiger partial charge is 0.181 e. The predicted molar refractivity (Wildman–Crippen MR) is 88.1 cm³/mol. The number of hydrogen-bond donors (Lipinski definition) is 2. The topological polar surface area (TPSA) is 64.9 Å². The van der Waals surface area contributed by atoms with Crippen molar-refractivity contribution in [1.29, 1.82) is 0 Å². The summed E-state index contributed by atoms with van der Waals surface area (Å²) < 4.78 is 0.972. The first kappa shape index (κ1) is 12.9. The number of aryl methyl sites for hydroxylation is 3. The van der Waals surface area contributed by atoms with Gasteiger partial charge in [0.15, 0.2) is 5.13 Å². The second-order valence-corrected chi connectivity index (χ2v) is 6.24. The standard InChI is InChI=1S/C16H17N3S/c1-8-6-9(2)13(10(3)7-8)11-4-5-12(17)15-14(11)19-16(18)20-15/h4-7H,17H2,1-3H3,(H2,18,19). The Morgan fingerprint density at radius 3 is 2.30 bits per heavy atom. The lowest BCUT2D eigenvalue weighted by atomic mass is 9.93. The van der Waals surface area contributed by atoms with Crippen molar-refractivity contribution in [3.8, 4) is 11.1 Å². The number of fused-ring (bicyclic) bond motifs is 1. The van der Waals surface area contributed by atoms with Crippen molar-refractivity contribution in [3.63, 3.8) is 0 Å². The molecule has 0 fully saturated rings. The minimum absolute atomic E-state index is 0.557. The number of hydrogen-bond acceptors (Lipinski definition) is 4. The highest BCUT2D eigenvalue weighted by atomic mass is 32.1. The summed E-state index contributed by atoms with van der Waals surface area (Å²) >= 11 is 1.44. The zero-order valence-corrected chi connectivity index (χ0v) is 12.6. The molecule has 0 radical (unpaired) electrons. The normalized spacial score (nSPS) is 11.2. The molecule has 4 N–H and O–H groups in total. The molecule has 0 saturated heterocycles. The number of anilines is 2. The molecule has 0 unspecified atom stereocenters. The van der Waals surface area contributed by atoms with Crippen molar-refractivity contribution in [2.24, 2.45) is 0 Å². The second kappa shape index (κ2) is 4.49.